The third-order valence-electron chi connectivity index (χ3n) is 3.92. The summed E-state index contributed by atoms with van der Waals surface area (Å²) in [5.74, 6) is 1.10. The van der Waals surface area contributed by atoms with Gasteiger partial charge in [-0.05, 0) is 48.7 Å². The number of hydrogen-bond acceptors (Lipinski definition) is 3. The van der Waals surface area contributed by atoms with E-state index in [0.717, 1.165) is 37.7 Å². The Morgan fingerprint density at radius 3 is 2.52 bits per heavy atom. The van der Waals surface area contributed by atoms with Crippen LogP contribution < -0.4 is 10.2 Å². The molecule has 3 heteroatoms. The SMILES string of the molecule is CCCNCc1cc(C)nc(N2Cc3ccccc3C2)c1. The highest BCUT2D eigenvalue weighted by Crippen LogP contribution is 2.27. The van der Waals surface area contributed by atoms with Gasteiger partial charge in [-0.3, -0.25) is 0 Å². The summed E-state index contributed by atoms with van der Waals surface area (Å²) < 4.78 is 0. The lowest BCUT2D eigenvalue weighted by molar-refractivity contribution is 0.674. The number of aromatic nitrogens is 1. The Kier molecular flexibility index (Phi) is 4.20. The van der Waals surface area contributed by atoms with Gasteiger partial charge < -0.3 is 10.2 Å². The molecule has 0 saturated heterocycles. The van der Waals surface area contributed by atoms with Crippen LogP contribution in [-0.4, -0.2) is 11.5 Å². The Bertz CT molecular complexity index is 597. The fourth-order valence-corrected chi connectivity index (χ4v) is 2.89. The molecule has 1 aromatic carbocycles. The number of nitrogens with one attached hydrogen (secondary N) is 1. The van der Waals surface area contributed by atoms with Crippen molar-refractivity contribution in [3.63, 3.8) is 0 Å². The van der Waals surface area contributed by atoms with Crippen molar-refractivity contribution in [2.75, 3.05) is 11.4 Å². The molecule has 1 aliphatic heterocycles. The molecule has 1 aromatic heterocycles. The van der Waals surface area contributed by atoms with Crippen molar-refractivity contribution in [1.82, 2.24) is 10.3 Å². The standard InChI is InChI=1S/C18H23N3/c1-3-8-19-11-15-9-14(2)20-18(10-15)21-12-16-6-4-5-7-17(16)13-21/h4-7,9-10,19H,3,8,11-13H2,1-2H3. The zero-order valence-corrected chi connectivity index (χ0v) is 12.9. The number of anilines is 1. The van der Waals surface area contributed by atoms with Gasteiger partial charge in [0.15, 0.2) is 0 Å². The molecule has 0 amide bonds. The molecule has 0 bridgehead atoms. The van der Waals surface area contributed by atoms with Crippen LogP contribution in [0.2, 0.25) is 0 Å². The molecule has 110 valence electrons. The lowest BCUT2D eigenvalue weighted by Crippen LogP contribution is -2.18. The third-order valence-corrected chi connectivity index (χ3v) is 3.92. The van der Waals surface area contributed by atoms with E-state index in [1.165, 1.54) is 23.1 Å². The van der Waals surface area contributed by atoms with E-state index >= 15 is 0 Å². The Labute approximate surface area is 127 Å². The maximum Gasteiger partial charge on any atom is 0.129 e. The van der Waals surface area contributed by atoms with Gasteiger partial charge >= 0.3 is 0 Å². The van der Waals surface area contributed by atoms with Crippen molar-refractivity contribution in [2.45, 2.75) is 39.9 Å². The Morgan fingerprint density at radius 2 is 1.86 bits per heavy atom. The first-order valence-corrected chi connectivity index (χ1v) is 7.76. The molecule has 0 saturated carbocycles. The molecular weight excluding hydrogens is 258 g/mol. The van der Waals surface area contributed by atoms with Crippen molar-refractivity contribution in [3.8, 4) is 0 Å². The van der Waals surface area contributed by atoms with Gasteiger partial charge in [0, 0.05) is 25.3 Å². The lowest BCUT2D eigenvalue weighted by Gasteiger charge is -2.18. The fourth-order valence-electron chi connectivity index (χ4n) is 2.89. The minimum Gasteiger partial charge on any atom is -0.348 e. The van der Waals surface area contributed by atoms with E-state index in [1.54, 1.807) is 0 Å². The van der Waals surface area contributed by atoms with Gasteiger partial charge in [0.2, 0.25) is 0 Å². The van der Waals surface area contributed by atoms with Crippen LogP contribution in [0.25, 0.3) is 0 Å². The summed E-state index contributed by atoms with van der Waals surface area (Å²) in [6, 6.07) is 13.1. The maximum absolute atomic E-state index is 4.73. The van der Waals surface area contributed by atoms with Gasteiger partial charge in [-0.1, -0.05) is 31.2 Å². The van der Waals surface area contributed by atoms with E-state index in [9.17, 15) is 0 Å². The zero-order chi connectivity index (χ0) is 14.7. The van der Waals surface area contributed by atoms with Gasteiger partial charge in [-0.25, -0.2) is 4.98 Å². The van der Waals surface area contributed by atoms with Crippen LogP contribution >= 0.6 is 0 Å². The normalized spacial score (nSPS) is 13.5. The Morgan fingerprint density at radius 1 is 1.14 bits per heavy atom. The number of aryl methyl sites for hydroxylation is 1. The average molecular weight is 281 g/mol. The van der Waals surface area contributed by atoms with Gasteiger partial charge in [0.25, 0.3) is 0 Å². The van der Waals surface area contributed by atoms with Crippen LogP contribution in [0, 0.1) is 6.92 Å². The molecule has 21 heavy (non-hydrogen) atoms. The molecule has 2 heterocycles. The molecule has 1 N–H and O–H groups in total. The van der Waals surface area contributed by atoms with Gasteiger partial charge in [-0.15, -0.1) is 0 Å². The smallest absolute Gasteiger partial charge is 0.129 e. The van der Waals surface area contributed by atoms with E-state index in [2.05, 4.69) is 60.5 Å². The van der Waals surface area contributed by atoms with Crippen LogP contribution in [0.4, 0.5) is 5.82 Å². The van der Waals surface area contributed by atoms with E-state index in [4.69, 9.17) is 4.98 Å². The summed E-state index contributed by atoms with van der Waals surface area (Å²) in [4.78, 5) is 7.09. The number of benzene rings is 1. The predicted molar refractivity (Wildman–Crippen MR) is 87.3 cm³/mol. The minimum absolute atomic E-state index is 0.922. The maximum atomic E-state index is 4.73. The van der Waals surface area contributed by atoms with E-state index in [1.807, 2.05) is 0 Å². The highest BCUT2D eigenvalue weighted by atomic mass is 15.2. The summed E-state index contributed by atoms with van der Waals surface area (Å²) in [6.07, 6.45) is 1.17. The van der Waals surface area contributed by atoms with Crippen LogP contribution in [0.1, 0.15) is 35.7 Å². The number of rotatable bonds is 5. The fraction of sp³-hybridized carbons (Fsp3) is 0.389. The van der Waals surface area contributed by atoms with Crippen LogP contribution in [-0.2, 0) is 19.6 Å². The topological polar surface area (TPSA) is 28.2 Å². The van der Waals surface area contributed by atoms with Crippen molar-refractivity contribution in [2.24, 2.45) is 0 Å². The Balaban J connectivity index is 1.77. The largest absolute Gasteiger partial charge is 0.348 e. The number of pyridine rings is 1. The van der Waals surface area contributed by atoms with E-state index in [0.29, 0.717) is 0 Å². The second kappa shape index (κ2) is 6.27. The average Bonchev–Trinajstić information content (AvgIpc) is 2.91. The zero-order valence-electron chi connectivity index (χ0n) is 12.9. The molecule has 0 radical (unpaired) electrons. The quantitative estimate of drug-likeness (QED) is 0.851. The molecule has 0 aliphatic carbocycles. The number of nitrogens with zero attached hydrogens (tertiary/aromatic N) is 2. The summed E-state index contributed by atoms with van der Waals surface area (Å²) in [5.41, 5.74) is 5.26. The molecular formula is C18H23N3. The van der Waals surface area contributed by atoms with Crippen LogP contribution in [0.5, 0.6) is 0 Å². The van der Waals surface area contributed by atoms with Gasteiger partial charge in [0.05, 0.1) is 0 Å². The second-order valence-corrected chi connectivity index (χ2v) is 5.78. The van der Waals surface area contributed by atoms with Crippen molar-refractivity contribution < 1.29 is 0 Å². The molecule has 1 aliphatic rings. The molecule has 0 fully saturated rings. The third kappa shape index (κ3) is 3.24. The molecule has 2 aromatic rings. The summed E-state index contributed by atoms with van der Waals surface area (Å²) in [6.45, 7) is 8.19. The molecule has 0 spiro atoms. The summed E-state index contributed by atoms with van der Waals surface area (Å²) >= 11 is 0. The Hall–Kier alpha value is -1.87. The predicted octanol–water partition coefficient (Wildman–Crippen LogP) is 3.41. The van der Waals surface area contributed by atoms with Gasteiger partial charge in [0.1, 0.15) is 5.82 Å². The molecule has 3 rings (SSSR count). The summed E-state index contributed by atoms with van der Waals surface area (Å²) in [5, 5.41) is 3.47. The van der Waals surface area contributed by atoms with Crippen molar-refractivity contribution in [1.29, 1.82) is 0 Å². The first kappa shape index (κ1) is 14.1. The number of hydrogen-bond donors (Lipinski definition) is 1. The highest BCUT2D eigenvalue weighted by molar-refractivity contribution is 5.49. The second-order valence-electron chi connectivity index (χ2n) is 5.78. The van der Waals surface area contributed by atoms with E-state index < -0.39 is 0 Å². The molecule has 3 nitrogen and oxygen atoms in total. The molecule has 0 unspecified atom stereocenters. The highest BCUT2D eigenvalue weighted by Gasteiger charge is 2.19. The summed E-state index contributed by atoms with van der Waals surface area (Å²) in [7, 11) is 0. The first-order chi connectivity index (χ1) is 10.3. The van der Waals surface area contributed by atoms with E-state index in [-0.39, 0.29) is 0 Å². The van der Waals surface area contributed by atoms with Crippen LogP contribution in [0.15, 0.2) is 36.4 Å². The van der Waals surface area contributed by atoms with Crippen LogP contribution in [0.3, 0.4) is 0 Å². The number of fused-ring (bicyclic) bond motifs is 1. The van der Waals surface area contributed by atoms with Crippen molar-refractivity contribution in [3.05, 3.63) is 58.8 Å². The first-order valence-electron chi connectivity index (χ1n) is 7.76. The monoisotopic (exact) mass is 281 g/mol. The van der Waals surface area contributed by atoms with Gasteiger partial charge in [-0.2, -0.15) is 0 Å². The minimum atomic E-state index is 0.922. The lowest BCUT2D eigenvalue weighted by atomic mass is 10.1. The van der Waals surface area contributed by atoms with Crippen molar-refractivity contribution >= 4 is 5.82 Å². The molecule has 0 atom stereocenters.